The molecule has 0 amide bonds. The van der Waals surface area contributed by atoms with E-state index in [2.05, 4.69) is 51.9 Å². The van der Waals surface area contributed by atoms with Crippen LogP contribution in [0.2, 0.25) is 0 Å². The van der Waals surface area contributed by atoms with Crippen LogP contribution in [0.5, 0.6) is 0 Å². The molecule has 0 bridgehead atoms. The van der Waals surface area contributed by atoms with Gasteiger partial charge in [-0.3, -0.25) is 0 Å². The lowest BCUT2D eigenvalue weighted by molar-refractivity contribution is 0.382. The third-order valence-electron chi connectivity index (χ3n) is 2.67. The van der Waals surface area contributed by atoms with Crippen molar-refractivity contribution in [1.29, 1.82) is 0 Å². The fourth-order valence-electron chi connectivity index (χ4n) is 2.00. The number of hydrogen-bond donors (Lipinski definition) is 0. The van der Waals surface area contributed by atoms with E-state index in [0.717, 1.165) is 12.8 Å². The van der Waals surface area contributed by atoms with Crippen LogP contribution in [0.4, 0.5) is 0 Å². The van der Waals surface area contributed by atoms with Gasteiger partial charge in [-0.2, -0.15) is 0 Å². The number of hydrogen-bond acceptors (Lipinski definition) is 1. The maximum Gasteiger partial charge on any atom is 0.0273 e. The molecule has 92 valence electrons. The Kier molecular flexibility index (Phi) is 6.36. The van der Waals surface area contributed by atoms with Gasteiger partial charge in [0, 0.05) is 13.3 Å². The molecule has 2 atom stereocenters. The van der Waals surface area contributed by atoms with Crippen molar-refractivity contribution >= 4 is 6.21 Å². The van der Waals surface area contributed by atoms with Crippen LogP contribution in [0, 0.1) is 17.3 Å². The minimum Gasteiger partial charge on any atom is -0.301 e. The van der Waals surface area contributed by atoms with E-state index in [4.69, 9.17) is 0 Å². The van der Waals surface area contributed by atoms with Gasteiger partial charge < -0.3 is 4.99 Å². The molecule has 0 aliphatic rings. The third-order valence-corrected chi connectivity index (χ3v) is 2.67. The molecule has 0 aliphatic heterocycles. The highest BCUT2D eigenvalue weighted by Crippen LogP contribution is 2.30. The Hall–Kier alpha value is -0.810. The average Bonchev–Trinajstić information content (AvgIpc) is 2.12. The predicted molar refractivity (Wildman–Crippen MR) is 74.1 cm³/mol. The summed E-state index contributed by atoms with van der Waals surface area (Å²) in [4.78, 5) is 4.08. The molecule has 0 fully saturated rings. The Bertz CT molecular complexity index is 274. The van der Waals surface area contributed by atoms with Gasteiger partial charge in [-0.1, -0.05) is 41.2 Å². The van der Waals surface area contributed by atoms with Crippen LogP contribution in [0.25, 0.3) is 0 Å². The Morgan fingerprint density at radius 3 is 2.31 bits per heavy atom. The van der Waals surface area contributed by atoms with Crippen LogP contribution < -0.4 is 0 Å². The van der Waals surface area contributed by atoms with Crippen molar-refractivity contribution < 1.29 is 0 Å². The summed E-state index contributed by atoms with van der Waals surface area (Å²) in [6.07, 6.45) is 4.23. The van der Waals surface area contributed by atoms with Gasteiger partial charge in [0.25, 0.3) is 0 Å². The first kappa shape index (κ1) is 15.2. The quantitative estimate of drug-likeness (QED) is 0.479. The fourth-order valence-corrected chi connectivity index (χ4v) is 2.00. The molecule has 16 heavy (non-hydrogen) atoms. The highest BCUT2D eigenvalue weighted by atomic mass is 14.6. The molecule has 0 aromatic carbocycles. The van der Waals surface area contributed by atoms with E-state index >= 15 is 0 Å². The van der Waals surface area contributed by atoms with Crippen LogP contribution in [0.3, 0.4) is 0 Å². The molecule has 0 radical (unpaired) electrons. The van der Waals surface area contributed by atoms with E-state index < -0.39 is 0 Å². The number of nitrogens with zero attached hydrogens (tertiary/aromatic N) is 1. The van der Waals surface area contributed by atoms with Crippen LogP contribution in [0.15, 0.2) is 22.9 Å². The van der Waals surface area contributed by atoms with E-state index in [1.54, 1.807) is 0 Å². The highest BCUT2D eigenvalue weighted by Gasteiger charge is 2.18. The SMILES string of the molecule is C=C=C(CC(C)(C)C)C(C)CC(C)/C=N\C. The lowest BCUT2D eigenvalue weighted by atomic mass is 9.81. The van der Waals surface area contributed by atoms with Gasteiger partial charge in [0.1, 0.15) is 0 Å². The summed E-state index contributed by atoms with van der Waals surface area (Å²) in [5, 5.41) is 0. The molecule has 1 nitrogen and oxygen atoms in total. The van der Waals surface area contributed by atoms with Crippen LogP contribution >= 0.6 is 0 Å². The highest BCUT2D eigenvalue weighted by molar-refractivity contribution is 5.59. The summed E-state index contributed by atoms with van der Waals surface area (Å²) in [6.45, 7) is 15.1. The topological polar surface area (TPSA) is 12.4 Å². The van der Waals surface area contributed by atoms with Crippen molar-refractivity contribution in [3.05, 3.63) is 17.9 Å². The van der Waals surface area contributed by atoms with Crippen molar-refractivity contribution in [3.8, 4) is 0 Å². The molecule has 0 saturated carbocycles. The van der Waals surface area contributed by atoms with E-state index in [1.807, 2.05) is 13.3 Å². The summed E-state index contributed by atoms with van der Waals surface area (Å²) < 4.78 is 0. The lowest BCUT2D eigenvalue weighted by Gasteiger charge is -2.24. The van der Waals surface area contributed by atoms with Gasteiger partial charge in [0.05, 0.1) is 0 Å². The molecular formula is C15H27N. The van der Waals surface area contributed by atoms with Gasteiger partial charge in [0.15, 0.2) is 0 Å². The normalized spacial score (nSPS) is 15.9. The summed E-state index contributed by atoms with van der Waals surface area (Å²) in [5.41, 5.74) is 4.79. The largest absolute Gasteiger partial charge is 0.301 e. The Morgan fingerprint density at radius 2 is 1.94 bits per heavy atom. The molecule has 0 spiro atoms. The van der Waals surface area contributed by atoms with Crippen molar-refractivity contribution in [2.45, 2.75) is 47.5 Å². The number of aliphatic imine (C=N–C) groups is 1. The minimum absolute atomic E-state index is 0.316. The third kappa shape index (κ3) is 6.63. The van der Waals surface area contributed by atoms with Crippen molar-refractivity contribution in [2.75, 3.05) is 7.05 Å². The fraction of sp³-hybridized carbons (Fsp3) is 0.733. The first-order valence-corrected chi connectivity index (χ1v) is 6.11. The first-order valence-electron chi connectivity index (χ1n) is 6.11. The van der Waals surface area contributed by atoms with E-state index in [1.165, 1.54) is 5.57 Å². The summed E-state index contributed by atoms with van der Waals surface area (Å²) in [5.74, 6) is 1.08. The molecule has 1 heteroatoms. The van der Waals surface area contributed by atoms with Crippen molar-refractivity contribution in [1.82, 2.24) is 0 Å². The van der Waals surface area contributed by atoms with Gasteiger partial charge in [0.2, 0.25) is 0 Å². The molecule has 0 aromatic rings. The van der Waals surface area contributed by atoms with E-state index in [-0.39, 0.29) is 0 Å². The Morgan fingerprint density at radius 1 is 1.38 bits per heavy atom. The van der Waals surface area contributed by atoms with E-state index in [0.29, 0.717) is 17.3 Å². The second-order valence-electron chi connectivity index (χ2n) is 5.96. The standard InChI is InChI=1S/C15H27N/c1-8-14(10-15(4,5)6)13(3)9-12(2)11-16-7/h11-13H,1,9-10H2,2-7H3/b16-11-. The molecule has 0 rings (SSSR count). The average molecular weight is 221 g/mol. The zero-order valence-corrected chi connectivity index (χ0v) is 11.8. The van der Waals surface area contributed by atoms with Crippen LogP contribution in [-0.4, -0.2) is 13.3 Å². The van der Waals surface area contributed by atoms with Crippen molar-refractivity contribution in [3.63, 3.8) is 0 Å². The Balaban J connectivity index is 4.45. The first-order chi connectivity index (χ1) is 7.30. The maximum atomic E-state index is 4.08. The van der Waals surface area contributed by atoms with Crippen LogP contribution in [0.1, 0.15) is 47.5 Å². The molecule has 0 saturated heterocycles. The van der Waals surface area contributed by atoms with Gasteiger partial charge in [-0.05, 0) is 35.7 Å². The summed E-state index contributed by atoms with van der Waals surface area (Å²) in [7, 11) is 1.83. The molecular weight excluding hydrogens is 194 g/mol. The number of allylic oxidation sites excluding steroid dienone is 1. The molecule has 2 unspecified atom stereocenters. The van der Waals surface area contributed by atoms with Gasteiger partial charge in [-0.25, -0.2) is 0 Å². The summed E-state index contributed by atoms with van der Waals surface area (Å²) in [6, 6.07) is 0. The molecule has 0 heterocycles. The molecule has 0 aromatic heterocycles. The second-order valence-corrected chi connectivity index (χ2v) is 5.96. The van der Waals surface area contributed by atoms with Crippen molar-refractivity contribution in [2.24, 2.45) is 22.2 Å². The minimum atomic E-state index is 0.316. The van der Waals surface area contributed by atoms with Gasteiger partial charge in [-0.15, -0.1) is 5.73 Å². The summed E-state index contributed by atoms with van der Waals surface area (Å²) >= 11 is 0. The van der Waals surface area contributed by atoms with Gasteiger partial charge >= 0.3 is 0 Å². The molecule has 0 aliphatic carbocycles. The predicted octanol–water partition coefficient (Wildman–Crippen LogP) is 4.50. The Labute approximate surface area is 101 Å². The zero-order chi connectivity index (χ0) is 12.8. The maximum absolute atomic E-state index is 4.08. The number of rotatable bonds is 5. The molecule has 0 N–H and O–H groups in total. The zero-order valence-electron chi connectivity index (χ0n) is 11.8. The smallest absolute Gasteiger partial charge is 0.0273 e. The second kappa shape index (κ2) is 6.70. The lowest BCUT2D eigenvalue weighted by Crippen LogP contribution is -2.13. The van der Waals surface area contributed by atoms with Crippen LogP contribution in [-0.2, 0) is 0 Å². The monoisotopic (exact) mass is 221 g/mol. The van der Waals surface area contributed by atoms with E-state index in [9.17, 15) is 0 Å².